The van der Waals surface area contributed by atoms with Crippen molar-refractivity contribution < 1.29 is 4.79 Å². The summed E-state index contributed by atoms with van der Waals surface area (Å²) in [5, 5.41) is 7.45. The topological polar surface area (TPSA) is 46.4 Å². The molecule has 5 heteroatoms. The predicted molar refractivity (Wildman–Crippen MR) is 93.2 cm³/mol. The molecule has 0 saturated carbocycles. The van der Waals surface area contributed by atoms with Gasteiger partial charge in [-0.05, 0) is 54.5 Å². The van der Waals surface area contributed by atoms with Crippen LogP contribution in [0, 0.1) is 3.57 Å². The molecule has 2 heterocycles. The van der Waals surface area contributed by atoms with Gasteiger partial charge in [0.2, 0.25) is 5.91 Å². The van der Waals surface area contributed by atoms with Crippen LogP contribution in [0.25, 0.3) is 5.52 Å². The Morgan fingerprint density at radius 1 is 1.38 bits per heavy atom. The first-order valence-electron chi connectivity index (χ1n) is 7.38. The zero-order valence-corrected chi connectivity index (χ0v) is 15.0. The second kappa shape index (κ2) is 6.77. The maximum atomic E-state index is 12.0. The number of hydrogen-bond donors (Lipinski definition) is 1. The smallest absolute Gasteiger partial charge is 0.220 e. The number of nitrogens with zero attached hydrogens (tertiary/aromatic N) is 2. The van der Waals surface area contributed by atoms with Crippen LogP contribution in [0.5, 0.6) is 0 Å². The number of unbranched alkanes of at least 4 members (excludes halogenated alkanes) is 2. The molecule has 1 amide bonds. The highest BCUT2D eigenvalue weighted by Crippen LogP contribution is 2.22. The van der Waals surface area contributed by atoms with Gasteiger partial charge in [0.1, 0.15) is 0 Å². The number of pyridine rings is 1. The molecule has 0 unspecified atom stereocenters. The van der Waals surface area contributed by atoms with Crippen molar-refractivity contribution in [2.45, 2.75) is 52.0 Å². The molecule has 2 aromatic heterocycles. The van der Waals surface area contributed by atoms with Crippen molar-refractivity contribution >= 4 is 34.0 Å². The van der Waals surface area contributed by atoms with Gasteiger partial charge in [0.25, 0.3) is 0 Å². The van der Waals surface area contributed by atoms with E-state index in [2.05, 4.69) is 52.1 Å². The van der Waals surface area contributed by atoms with Crippen molar-refractivity contribution in [2.75, 3.05) is 0 Å². The third-order valence-electron chi connectivity index (χ3n) is 3.65. The van der Waals surface area contributed by atoms with E-state index in [1.807, 2.05) is 30.8 Å². The average molecular weight is 399 g/mol. The predicted octanol–water partition coefficient (Wildman–Crippen LogP) is 3.87. The number of carbonyl (C=O) groups is 1. The fourth-order valence-electron chi connectivity index (χ4n) is 2.34. The van der Waals surface area contributed by atoms with Crippen molar-refractivity contribution in [3.63, 3.8) is 0 Å². The molecule has 4 nitrogen and oxygen atoms in total. The van der Waals surface area contributed by atoms with Crippen LogP contribution in [-0.4, -0.2) is 15.5 Å². The molecule has 0 atom stereocenters. The van der Waals surface area contributed by atoms with E-state index in [4.69, 9.17) is 0 Å². The highest BCUT2D eigenvalue weighted by atomic mass is 127. The number of aromatic nitrogens is 2. The number of fused-ring (bicyclic) bond motifs is 1. The number of halogens is 1. The Bertz CT molecular complexity index is 633. The Morgan fingerprint density at radius 2 is 2.14 bits per heavy atom. The van der Waals surface area contributed by atoms with E-state index in [9.17, 15) is 4.79 Å². The summed E-state index contributed by atoms with van der Waals surface area (Å²) < 4.78 is 2.99. The van der Waals surface area contributed by atoms with Crippen LogP contribution in [-0.2, 0) is 10.3 Å². The van der Waals surface area contributed by atoms with Crippen molar-refractivity contribution in [1.29, 1.82) is 0 Å². The molecule has 0 bridgehead atoms. The van der Waals surface area contributed by atoms with Gasteiger partial charge in [-0.25, -0.2) is 4.52 Å². The lowest BCUT2D eigenvalue weighted by Gasteiger charge is -2.27. The van der Waals surface area contributed by atoms with E-state index in [0.29, 0.717) is 6.42 Å². The molecule has 0 aliphatic heterocycles. The van der Waals surface area contributed by atoms with Gasteiger partial charge in [-0.1, -0.05) is 25.8 Å². The Balaban J connectivity index is 2.11. The Kier molecular flexibility index (Phi) is 5.24. The van der Waals surface area contributed by atoms with Gasteiger partial charge in [-0.3, -0.25) is 4.79 Å². The molecule has 2 rings (SSSR count). The standard InChI is InChI=1S/C16H22IN3O/c1-4-5-6-7-15(21)19-16(2,3)12-8-9-14-13(17)10-18-20(14)11-12/h8-11H,4-7H2,1-3H3,(H,19,21). The largest absolute Gasteiger partial charge is 0.347 e. The van der Waals surface area contributed by atoms with Gasteiger partial charge in [0, 0.05) is 12.6 Å². The lowest BCUT2D eigenvalue weighted by Crippen LogP contribution is -2.41. The van der Waals surface area contributed by atoms with Crippen LogP contribution < -0.4 is 5.32 Å². The normalized spacial score (nSPS) is 11.8. The van der Waals surface area contributed by atoms with Gasteiger partial charge in [0.15, 0.2) is 0 Å². The van der Waals surface area contributed by atoms with Crippen LogP contribution >= 0.6 is 22.6 Å². The van der Waals surface area contributed by atoms with Crippen molar-refractivity contribution in [1.82, 2.24) is 14.9 Å². The van der Waals surface area contributed by atoms with Crippen LogP contribution in [0.2, 0.25) is 0 Å². The van der Waals surface area contributed by atoms with Crippen LogP contribution in [0.1, 0.15) is 52.0 Å². The molecule has 0 aliphatic carbocycles. The van der Waals surface area contributed by atoms with E-state index < -0.39 is 5.54 Å². The van der Waals surface area contributed by atoms with Crippen molar-refractivity contribution in [3.8, 4) is 0 Å². The SMILES string of the molecule is CCCCCC(=O)NC(C)(C)c1ccc2c(I)cnn2c1. The zero-order valence-electron chi connectivity index (χ0n) is 12.8. The molecule has 0 aliphatic rings. The lowest BCUT2D eigenvalue weighted by molar-refractivity contribution is -0.122. The molecule has 0 fully saturated rings. The number of carbonyl (C=O) groups excluding carboxylic acids is 1. The number of nitrogens with one attached hydrogen (secondary N) is 1. The summed E-state index contributed by atoms with van der Waals surface area (Å²) in [7, 11) is 0. The van der Waals surface area contributed by atoms with E-state index in [1.165, 1.54) is 0 Å². The van der Waals surface area contributed by atoms with E-state index in [0.717, 1.165) is 33.9 Å². The first-order valence-corrected chi connectivity index (χ1v) is 8.46. The summed E-state index contributed by atoms with van der Waals surface area (Å²) >= 11 is 2.27. The summed E-state index contributed by atoms with van der Waals surface area (Å²) in [6, 6.07) is 4.11. The average Bonchev–Trinajstić information content (AvgIpc) is 2.80. The molecule has 0 saturated heterocycles. The fraction of sp³-hybridized carbons (Fsp3) is 0.500. The molecule has 0 radical (unpaired) electrons. The molecule has 0 aromatic carbocycles. The lowest BCUT2D eigenvalue weighted by atomic mass is 9.95. The third-order valence-corrected chi connectivity index (χ3v) is 4.48. The summed E-state index contributed by atoms with van der Waals surface area (Å²) in [6.45, 7) is 6.20. The van der Waals surface area contributed by atoms with Gasteiger partial charge in [-0.2, -0.15) is 5.10 Å². The minimum absolute atomic E-state index is 0.114. The first-order chi connectivity index (χ1) is 9.94. The molecular weight excluding hydrogens is 377 g/mol. The number of hydrogen-bond acceptors (Lipinski definition) is 2. The van der Waals surface area contributed by atoms with Crippen LogP contribution in [0.15, 0.2) is 24.5 Å². The Hall–Kier alpha value is -1.11. The second-order valence-electron chi connectivity index (χ2n) is 5.87. The quantitative estimate of drug-likeness (QED) is 0.592. The fourth-order valence-corrected chi connectivity index (χ4v) is 2.89. The first kappa shape index (κ1) is 16.3. The number of amides is 1. The molecule has 0 spiro atoms. The van der Waals surface area contributed by atoms with Gasteiger partial charge in [-0.15, -0.1) is 0 Å². The van der Waals surface area contributed by atoms with Crippen molar-refractivity contribution in [2.24, 2.45) is 0 Å². The molecule has 2 aromatic rings. The van der Waals surface area contributed by atoms with Crippen LogP contribution in [0.3, 0.4) is 0 Å². The highest BCUT2D eigenvalue weighted by Gasteiger charge is 2.23. The Labute approximate surface area is 139 Å². The summed E-state index contributed by atoms with van der Waals surface area (Å²) in [4.78, 5) is 12.0. The molecule has 21 heavy (non-hydrogen) atoms. The van der Waals surface area contributed by atoms with E-state index in [1.54, 1.807) is 0 Å². The summed E-state index contributed by atoms with van der Waals surface area (Å²) in [5.41, 5.74) is 1.75. The molecule has 114 valence electrons. The minimum atomic E-state index is -0.394. The van der Waals surface area contributed by atoms with E-state index in [-0.39, 0.29) is 5.91 Å². The summed E-state index contributed by atoms with van der Waals surface area (Å²) in [6.07, 6.45) is 7.62. The molecule has 1 N–H and O–H groups in total. The zero-order chi connectivity index (χ0) is 15.5. The third kappa shape index (κ3) is 3.96. The van der Waals surface area contributed by atoms with Crippen LogP contribution in [0.4, 0.5) is 0 Å². The monoisotopic (exact) mass is 399 g/mol. The van der Waals surface area contributed by atoms with Gasteiger partial charge in [0.05, 0.1) is 20.8 Å². The van der Waals surface area contributed by atoms with Crippen molar-refractivity contribution in [3.05, 3.63) is 33.7 Å². The Morgan fingerprint density at radius 3 is 2.86 bits per heavy atom. The maximum absolute atomic E-state index is 12.0. The maximum Gasteiger partial charge on any atom is 0.220 e. The summed E-state index contributed by atoms with van der Waals surface area (Å²) in [5.74, 6) is 0.114. The van der Waals surface area contributed by atoms with Gasteiger partial charge >= 0.3 is 0 Å². The number of rotatable bonds is 6. The van der Waals surface area contributed by atoms with E-state index >= 15 is 0 Å². The van der Waals surface area contributed by atoms with Gasteiger partial charge < -0.3 is 5.32 Å². The second-order valence-corrected chi connectivity index (χ2v) is 7.03. The highest BCUT2D eigenvalue weighted by molar-refractivity contribution is 14.1. The minimum Gasteiger partial charge on any atom is -0.347 e. The molecular formula is C16H22IN3O.